The lowest BCUT2D eigenvalue weighted by Crippen LogP contribution is -2.28. The molecule has 118 valence electrons. The molecule has 0 fully saturated rings. The summed E-state index contributed by atoms with van der Waals surface area (Å²) in [4.78, 5) is 16.6. The van der Waals surface area contributed by atoms with Gasteiger partial charge in [0.25, 0.3) is 5.91 Å². The molecule has 0 saturated heterocycles. The van der Waals surface area contributed by atoms with Gasteiger partial charge in [0.05, 0.1) is 10.4 Å². The number of rotatable bonds is 4. The molecule has 0 aliphatic rings. The number of hydrogen-bond acceptors (Lipinski definition) is 3. The van der Waals surface area contributed by atoms with E-state index in [1.54, 1.807) is 10.8 Å². The van der Waals surface area contributed by atoms with Crippen molar-refractivity contribution in [1.29, 1.82) is 0 Å². The molecule has 0 spiro atoms. The van der Waals surface area contributed by atoms with E-state index < -0.39 is 0 Å². The molecule has 23 heavy (non-hydrogen) atoms. The first-order valence-electron chi connectivity index (χ1n) is 6.98. The quantitative estimate of drug-likeness (QED) is 0.658. The van der Waals surface area contributed by atoms with Gasteiger partial charge in [0.1, 0.15) is 5.69 Å². The molecule has 0 bridgehead atoms. The minimum Gasteiger partial charge on any atom is -0.343 e. The average Bonchev–Trinajstić information content (AvgIpc) is 3.14. The Hall–Kier alpha value is -1.89. The summed E-state index contributed by atoms with van der Waals surface area (Å²) in [5, 5.41) is 2.97. The van der Waals surface area contributed by atoms with Crippen molar-refractivity contribution in [3.05, 3.63) is 68.3 Å². The van der Waals surface area contributed by atoms with Crippen molar-refractivity contribution in [3.8, 4) is 5.69 Å². The van der Waals surface area contributed by atoms with Crippen molar-refractivity contribution in [1.82, 2.24) is 14.9 Å². The van der Waals surface area contributed by atoms with E-state index >= 15 is 0 Å². The predicted molar refractivity (Wildman–Crippen MR) is 96.2 cm³/mol. The minimum atomic E-state index is -0.196. The van der Waals surface area contributed by atoms with Crippen LogP contribution in [0, 0.1) is 4.77 Å². The summed E-state index contributed by atoms with van der Waals surface area (Å²) in [6.45, 7) is 1.92. The first-order valence-corrected chi connectivity index (χ1v) is 8.58. The fourth-order valence-electron chi connectivity index (χ4n) is 2.27. The van der Waals surface area contributed by atoms with E-state index in [4.69, 9.17) is 23.8 Å². The first-order chi connectivity index (χ1) is 11.1. The second-order valence-corrected chi connectivity index (χ2v) is 7.12. The van der Waals surface area contributed by atoms with Crippen LogP contribution in [-0.4, -0.2) is 15.5 Å². The van der Waals surface area contributed by atoms with Gasteiger partial charge in [0.2, 0.25) is 0 Å². The van der Waals surface area contributed by atoms with Crippen LogP contribution in [0.2, 0.25) is 4.34 Å². The summed E-state index contributed by atoms with van der Waals surface area (Å²) in [7, 11) is 0. The van der Waals surface area contributed by atoms with Gasteiger partial charge in [-0.05, 0) is 43.4 Å². The third-order valence-corrected chi connectivity index (χ3v) is 5.11. The lowest BCUT2D eigenvalue weighted by molar-refractivity contribution is 0.0933. The van der Waals surface area contributed by atoms with Gasteiger partial charge in [-0.15, -0.1) is 11.3 Å². The van der Waals surface area contributed by atoms with Crippen LogP contribution in [0.15, 0.2) is 48.7 Å². The van der Waals surface area contributed by atoms with Gasteiger partial charge in [-0.1, -0.05) is 29.8 Å². The van der Waals surface area contributed by atoms with Crippen LogP contribution in [0.1, 0.15) is 28.3 Å². The number of carbonyl (C=O) groups excluding carboxylic acids is 1. The standard InChI is InChI=1S/C16H14ClN3OS2/c1-10(13-7-8-14(17)23-13)19-15(21)12-9-18-16(22)20(12)11-5-3-2-4-6-11/h2-10H,1H3,(H,18,22)(H,19,21). The SMILES string of the molecule is CC(NC(=O)c1c[nH]c(=S)n1-c1ccccc1)c1ccc(Cl)s1. The van der Waals surface area contributed by atoms with E-state index in [0.29, 0.717) is 14.8 Å². The van der Waals surface area contributed by atoms with E-state index in [-0.39, 0.29) is 11.9 Å². The number of amides is 1. The highest BCUT2D eigenvalue weighted by atomic mass is 35.5. The van der Waals surface area contributed by atoms with E-state index in [9.17, 15) is 4.79 Å². The maximum Gasteiger partial charge on any atom is 0.270 e. The van der Waals surface area contributed by atoms with Gasteiger partial charge in [-0.25, -0.2) is 0 Å². The lowest BCUT2D eigenvalue weighted by atomic mass is 10.2. The Morgan fingerprint density at radius 1 is 1.30 bits per heavy atom. The lowest BCUT2D eigenvalue weighted by Gasteiger charge is -2.13. The number of thiophene rings is 1. The van der Waals surface area contributed by atoms with Crippen molar-refractivity contribution in [2.75, 3.05) is 0 Å². The van der Waals surface area contributed by atoms with Crippen LogP contribution < -0.4 is 5.32 Å². The molecule has 0 aliphatic carbocycles. The molecular formula is C16H14ClN3OS2. The molecular weight excluding hydrogens is 350 g/mol. The van der Waals surface area contributed by atoms with Crippen LogP contribution in [-0.2, 0) is 0 Å². The number of aromatic nitrogens is 2. The molecule has 1 atom stereocenters. The van der Waals surface area contributed by atoms with E-state index in [1.165, 1.54) is 11.3 Å². The second kappa shape index (κ2) is 6.70. The molecule has 1 amide bonds. The smallest absolute Gasteiger partial charge is 0.270 e. The number of aromatic amines is 1. The average molecular weight is 364 g/mol. The van der Waals surface area contributed by atoms with Crippen LogP contribution in [0.5, 0.6) is 0 Å². The predicted octanol–water partition coefficient (Wildman–Crippen LogP) is 4.74. The second-order valence-electron chi connectivity index (χ2n) is 4.99. The molecule has 2 N–H and O–H groups in total. The van der Waals surface area contributed by atoms with Crippen LogP contribution in [0.25, 0.3) is 5.69 Å². The molecule has 3 rings (SSSR count). The number of para-hydroxylation sites is 1. The van der Waals surface area contributed by atoms with Crippen molar-refractivity contribution < 1.29 is 4.79 Å². The van der Waals surface area contributed by atoms with Gasteiger partial charge < -0.3 is 10.3 Å². The Balaban J connectivity index is 1.88. The van der Waals surface area contributed by atoms with Gasteiger partial charge in [-0.3, -0.25) is 9.36 Å². The zero-order valence-electron chi connectivity index (χ0n) is 12.2. The van der Waals surface area contributed by atoms with E-state index in [1.807, 2.05) is 49.4 Å². The number of H-pyrrole nitrogens is 1. The Kier molecular flexibility index (Phi) is 4.66. The molecule has 7 heteroatoms. The molecule has 1 unspecified atom stereocenters. The Bertz CT molecular complexity index is 882. The summed E-state index contributed by atoms with van der Waals surface area (Å²) in [6.07, 6.45) is 1.62. The molecule has 0 radical (unpaired) electrons. The van der Waals surface area contributed by atoms with Gasteiger partial charge >= 0.3 is 0 Å². The number of halogens is 1. The molecule has 0 aliphatic heterocycles. The molecule has 1 aromatic carbocycles. The highest BCUT2D eigenvalue weighted by molar-refractivity contribution is 7.71. The highest BCUT2D eigenvalue weighted by Crippen LogP contribution is 2.27. The summed E-state index contributed by atoms with van der Waals surface area (Å²) in [5.74, 6) is -0.196. The maximum absolute atomic E-state index is 12.6. The zero-order valence-corrected chi connectivity index (χ0v) is 14.6. The molecule has 4 nitrogen and oxygen atoms in total. The largest absolute Gasteiger partial charge is 0.343 e. The van der Waals surface area contributed by atoms with Crippen LogP contribution >= 0.6 is 35.2 Å². The minimum absolute atomic E-state index is 0.132. The normalized spacial score (nSPS) is 12.1. The summed E-state index contributed by atoms with van der Waals surface area (Å²) in [6, 6.07) is 13.1. The number of nitrogens with zero attached hydrogens (tertiary/aromatic N) is 1. The Morgan fingerprint density at radius 3 is 2.70 bits per heavy atom. The Morgan fingerprint density at radius 2 is 2.04 bits per heavy atom. The van der Waals surface area contributed by atoms with Gasteiger partial charge in [0, 0.05) is 16.8 Å². The zero-order chi connectivity index (χ0) is 16.4. The molecule has 0 saturated carbocycles. The third-order valence-electron chi connectivity index (χ3n) is 3.39. The number of benzene rings is 1. The van der Waals surface area contributed by atoms with Crippen molar-refractivity contribution in [3.63, 3.8) is 0 Å². The van der Waals surface area contributed by atoms with Crippen molar-refractivity contribution in [2.45, 2.75) is 13.0 Å². The van der Waals surface area contributed by atoms with E-state index in [0.717, 1.165) is 10.6 Å². The highest BCUT2D eigenvalue weighted by Gasteiger charge is 2.17. The molecule has 3 aromatic rings. The van der Waals surface area contributed by atoms with Gasteiger partial charge in [0.15, 0.2) is 4.77 Å². The van der Waals surface area contributed by atoms with Crippen LogP contribution in [0.4, 0.5) is 0 Å². The fraction of sp³-hybridized carbons (Fsp3) is 0.125. The fourth-order valence-corrected chi connectivity index (χ4v) is 3.60. The van der Waals surface area contributed by atoms with Gasteiger partial charge in [-0.2, -0.15) is 0 Å². The number of nitrogens with one attached hydrogen (secondary N) is 2. The maximum atomic E-state index is 12.6. The molecule has 2 heterocycles. The van der Waals surface area contributed by atoms with Crippen molar-refractivity contribution in [2.24, 2.45) is 0 Å². The summed E-state index contributed by atoms with van der Waals surface area (Å²) >= 11 is 12.7. The Labute approximate surface area is 147 Å². The number of hydrogen-bond donors (Lipinski definition) is 2. The third kappa shape index (κ3) is 3.39. The monoisotopic (exact) mass is 363 g/mol. The summed E-state index contributed by atoms with van der Waals surface area (Å²) < 4.78 is 2.90. The number of imidazole rings is 1. The number of carbonyl (C=O) groups is 1. The first kappa shape index (κ1) is 16.0. The van der Waals surface area contributed by atoms with E-state index in [2.05, 4.69) is 10.3 Å². The molecule has 2 aromatic heterocycles. The topological polar surface area (TPSA) is 49.8 Å². The van der Waals surface area contributed by atoms with Crippen molar-refractivity contribution >= 4 is 41.1 Å². The van der Waals surface area contributed by atoms with Crippen LogP contribution in [0.3, 0.4) is 0 Å². The summed E-state index contributed by atoms with van der Waals surface area (Å²) in [5.41, 5.74) is 1.31.